The van der Waals surface area contributed by atoms with E-state index in [9.17, 15) is 4.79 Å². The summed E-state index contributed by atoms with van der Waals surface area (Å²) in [6.07, 6.45) is 2.04. The second-order valence-corrected chi connectivity index (χ2v) is 6.26. The topological polar surface area (TPSA) is 86.3 Å². The summed E-state index contributed by atoms with van der Waals surface area (Å²) in [6, 6.07) is -0.215. The van der Waals surface area contributed by atoms with E-state index >= 15 is 0 Å². The Bertz CT molecular complexity index is 512. The molecular weight excluding hydrogens is 318 g/mol. The maximum atomic E-state index is 12.5. The molecule has 1 aliphatic heterocycles. The SMILES string of the molecule is COC1CCN(C(=O)Cn2nc(C)nc2[C@@H](N)C(C)C)CC1.Cl. The van der Waals surface area contributed by atoms with Crippen molar-refractivity contribution in [3.05, 3.63) is 11.6 Å². The zero-order valence-corrected chi connectivity index (χ0v) is 15.2. The predicted molar refractivity (Wildman–Crippen MR) is 90.4 cm³/mol. The number of piperidine rings is 1. The van der Waals surface area contributed by atoms with Crippen LogP contribution in [-0.4, -0.2) is 51.9 Å². The highest BCUT2D eigenvalue weighted by Crippen LogP contribution is 2.18. The molecule has 1 fully saturated rings. The average molecular weight is 346 g/mol. The number of likely N-dealkylation sites (tertiary alicyclic amines) is 1. The molecule has 0 bridgehead atoms. The molecule has 2 heterocycles. The number of rotatable bonds is 5. The fraction of sp³-hybridized carbons (Fsp3) is 0.800. The second kappa shape index (κ2) is 8.61. The van der Waals surface area contributed by atoms with Gasteiger partial charge in [-0.15, -0.1) is 12.4 Å². The summed E-state index contributed by atoms with van der Waals surface area (Å²) in [5.74, 6) is 1.65. The summed E-state index contributed by atoms with van der Waals surface area (Å²) in [5, 5.41) is 4.33. The van der Waals surface area contributed by atoms with Crippen molar-refractivity contribution in [1.82, 2.24) is 19.7 Å². The molecule has 8 heteroatoms. The Morgan fingerprint density at radius 2 is 2.00 bits per heavy atom. The summed E-state index contributed by atoms with van der Waals surface area (Å²) in [5.41, 5.74) is 6.18. The molecule has 0 aromatic carbocycles. The van der Waals surface area contributed by atoms with Gasteiger partial charge in [0.2, 0.25) is 5.91 Å². The molecule has 2 rings (SSSR count). The standard InChI is InChI=1S/C15H27N5O2.ClH/c1-10(2)14(16)15-17-11(3)18-20(15)9-13(21)19-7-5-12(22-4)6-8-19;/h10,12,14H,5-9,16H2,1-4H3;1H/t14-;/m0./s1. The van der Waals surface area contributed by atoms with E-state index < -0.39 is 0 Å². The smallest absolute Gasteiger partial charge is 0.244 e. The molecule has 1 aliphatic rings. The molecule has 1 aromatic rings. The third-order valence-electron chi connectivity index (χ3n) is 4.24. The number of halogens is 1. The van der Waals surface area contributed by atoms with Gasteiger partial charge in [-0.1, -0.05) is 13.8 Å². The van der Waals surface area contributed by atoms with Crippen molar-refractivity contribution in [2.45, 2.75) is 52.3 Å². The number of methoxy groups -OCH3 is 1. The zero-order valence-electron chi connectivity index (χ0n) is 14.4. The van der Waals surface area contributed by atoms with Crippen LogP contribution >= 0.6 is 12.4 Å². The van der Waals surface area contributed by atoms with Crippen LogP contribution in [0, 0.1) is 12.8 Å². The van der Waals surface area contributed by atoms with Crippen molar-refractivity contribution in [3.63, 3.8) is 0 Å². The van der Waals surface area contributed by atoms with E-state index in [-0.39, 0.29) is 42.9 Å². The van der Waals surface area contributed by atoms with Gasteiger partial charge in [-0.3, -0.25) is 4.79 Å². The highest BCUT2D eigenvalue weighted by atomic mass is 35.5. The number of nitrogens with zero attached hydrogens (tertiary/aromatic N) is 4. The minimum absolute atomic E-state index is 0. The minimum atomic E-state index is -0.215. The third kappa shape index (κ3) is 4.89. The van der Waals surface area contributed by atoms with Gasteiger partial charge >= 0.3 is 0 Å². The molecule has 23 heavy (non-hydrogen) atoms. The van der Waals surface area contributed by atoms with E-state index in [4.69, 9.17) is 10.5 Å². The Balaban J connectivity index is 0.00000264. The van der Waals surface area contributed by atoms with Gasteiger partial charge in [-0.25, -0.2) is 9.67 Å². The summed E-state index contributed by atoms with van der Waals surface area (Å²) < 4.78 is 6.99. The van der Waals surface area contributed by atoms with Gasteiger partial charge in [0.25, 0.3) is 0 Å². The molecule has 1 aromatic heterocycles. The van der Waals surface area contributed by atoms with Crippen LogP contribution in [-0.2, 0) is 16.1 Å². The zero-order chi connectivity index (χ0) is 16.3. The maximum absolute atomic E-state index is 12.5. The summed E-state index contributed by atoms with van der Waals surface area (Å²) in [4.78, 5) is 18.7. The number of hydrogen-bond acceptors (Lipinski definition) is 5. The predicted octanol–water partition coefficient (Wildman–Crippen LogP) is 1.30. The van der Waals surface area contributed by atoms with E-state index in [1.807, 2.05) is 25.7 Å². The van der Waals surface area contributed by atoms with Crippen LogP contribution in [0.25, 0.3) is 0 Å². The van der Waals surface area contributed by atoms with E-state index in [1.54, 1.807) is 11.8 Å². The number of ether oxygens (including phenoxy) is 1. The van der Waals surface area contributed by atoms with Crippen LogP contribution in [0.2, 0.25) is 0 Å². The van der Waals surface area contributed by atoms with Crippen LogP contribution in [0.5, 0.6) is 0 Å². The quantitative estimate of drug-likeness (QED) is 0.869. The average Bonchev–Trinajstić information content (AvgIpc) is 2.86. The first-order chi connectivity index (χ1) is 10.4. The van der Waals surface area contributed by atoms with Gasteiger partial charge < -0.3 is 15.4 Å². The molecule has 1 amide bonds. The molecule has 2 N–H and O–H groups in total. The molecule has 0 radical (unpaired) electrons. The van der Waals surface area contributed by atoms with Crippen LogP contribution in [0.4, 0.5) is 0 Å². The van der Waals surface area contributed by atoms with Crippen LogP contribution in [0.3, 0.4) is 0 Å². The molecule has 1 atom stereocenters. The highest BCUT2D eigenvalue weighted by Gasteiger charge is 2.25. The first-order valence-corrected chi connectivity index (χ1v) is 7.89. The first-order valence-electron chi connectivity index (χ1n) is 7.89. The number of aromatic nitrogens is 3. The van der Waals surface area contributed by atoms with Crippen LogP contribution in [0.15, 0.2) is 0 Å². The van der Waals surface area contributed by atoms with Gasteiger partial charge in [-0.2, -0.15) is 5.10 Å². The Labute approximate surface area is 144 Å². The van der Waals surface area contributed by atoms with Crippen molar-refractivity contribution in [2.75, 3.05) is 20.2 Å². The van der Waals surface area contributed by atoms with Gasteiger partial charge in [0.05, 0.1) is 12.1 Å². The van der Waals surface area contributed by atoms with Crippen molar-refractivity contribution in [1.29, 1.82) is 0 Å². The third-order valence-corrected chi connectivity index (χ3v) is 4.24. The molecular formula is C15H28ClN5O2. The molecule has 0 aliphatic carbocycles. The normalized spacial score (nSPS) is 17.2. The van der Waals surface area contributed by atoms with Crippen molar-refractivity contribution in [3.8, 4) is 0 Å². The molecule has 1 saturated heterocycles. The van der Waals surface area contributed by atoms with E-state index in [0.717, 1.165) is 25.9 Å². The highest BCUT2D eigenvalue weighted by molar-refractivity contribution is 5.85. The van der Waals surface area contributed by atoms with Gasteiger partial charge in [0.15, 0.2) is 0 Å². The largest absolute Gasteiger partial charge is 0.381 e. The molecule has 7 nitrogen and oxygen atoms in total. The van der Waals surface area contributed by atoms with Crippen LogP contribution < -0.4 is 5.73 Å². The Morgan fingerprint density at radius 3 is 2.52 bits per heavy atom. The van der Waals surface area contributed by atoms with Gasteiger partial charge in [0, 0.05) is 20.2 Å². The summed E-state index contributed by atoms with van der Waals surface area (Å²) in [7, 11) is 1.72. The lowest BCUT2D eigenvalue weighted by Gasteiger charge is -2.31. The number of carbonyl (C=O) groups is 1. The number of hydrogen-bond donors (Lipinski definition) is 1. The summed E-state index contributed by atoms with van der Waals surface area (Å²) >= 11 is 0. The van der Waals surface area contributed by atoms with Crippen LogP contribution in [0.1, 0.15) is 44.4 Å². The number of nitrogens with two attached hydrogens (primary N) is 1. The van der Waals surface area contributed by atoms with Crippen molar-refractivity contribution < 1.29 is 9.53 Å². The lowest BCUT2D eigenvalue weighted by atomic mass is 10.1. The fourth-order valence-electron chi connectivity index (χ4n) is 2.70. The Kier molecular flexibility index (Phi) is 7.44. The number of aryl methyl sites for hydroxylation is 1. The fourth-order valence-corrected chi connectivity index (χ4v) is 2.70. The van der Waals surface area contributed by atoms with Crippen molar-refractivity contribution in [2.24, 2.45) is 11.7 Å². The number of amides is 1. The maximum Gasteiger partial charge on any atom is 0.244 e. The van der Waals surface area contributed by atoms with E-state index in [1.165, 1.54) is 0 Å². The number of carbonyl (C=O) groups excluding carboxylic acids is 1. The second-order valence-electron chi connectivity index (χ2n) is 6.26. The van der Waals surface area contributed by atoms with Crippen molar-refractivity contribution >= 4 is 18.3 Å². The Hall–Kier alpha value is -1.18. The van der Waals surface area contributed by atoms with Gasteiger partial charge in [-0.05, 0) is 25.7 Å². The molecule has 0 spiro atoms. The van der Waals surface area contributed by atoms with Gasteiger partial charge in [0.1, 0.15) is 18.2 Å². The lowest BCUT2D eigenvalue weighted by Crippen LogP contribution is -2.42. The lowest BCUT2D eigenvalue weighted by molar-refractivity contribution is -0.134. The summed E-state index contributed by atoms with van der Waals surface area (Å²) in [6.45, 7) is 7.57. The first kappa shape index (κ1) is 19.9. The van der Waals surface area contributed by atoms with E-state index in [2.05, 4.69) is 10.1 Å². The minimum Gasteiger partial charge on any atom is -0.381 e. The Morgan fingerprint density at radius 1 is 1.39 bits per heavy atom. The molecule has 132 valence electrons. The van der Waals surface area contributed by atoms with E-state index in [0.29, 0.717) is 11.6 Å². The monoisotopic (exact) mass is 345 g/mol. The molecule has 0 saturated carbocycles. The molecule has 0 unspecified atom stereocenters.